The summed E-state index contributed by atoms with van der Waals surface area (Å²) in [6.07, 6.45) is 5.79. The van der Waals surface area contributed by atoms with Crippen LogP contribution in [0, 0.1) is 34.8 Å². The van der Waals surface area contributed by atoms with E-state index in [1.54, 1.807) is 0 Å². The Morgan fingerprint density at radius 1 is 1.15 bits per heavy atom. The van der Waals surface area contributed by atoms with Crippen LogP contribution in [0.1, 0.15) is 59.0 Å². The van der Waals surface area contributed by atoms with Crippen LogP contribution < -0.4 is 4.90 Å². The third-order valence-electron chi connectivity index (χ3n) is 6.67. The third-order valence-corrected chi connectivity index (χ3v) is 7.27. The van der Waals surface area contributed by atoms with E-state index in [9.17, 15) is 10.1 Å². The van der Waals surface area contributed by atoms with E-state index >= 15 is 0 Å². The van der Waals surface area contributed by atoms with Gasteiger partial charge in [0, 0.05) is 37.5 Å². The predicted molar refractivity (Wildman–Crippen MR) is 133 cm³/mol. The normalized spacial score (nSPS) is 20.9. The maximum atomic E-state index is 13.5. The van der Waals surface area contributed by atoms with Crippen LogP contribution in [-0.4, -0.2) is 50.0 Å². The number of carbonyl (C=O) groups excluding carboxylic acids is 1. The van der Waals surface area contributed by atoms with Gasteiger partial charge in [-0.05, 0) is 73.8 Å². The lowest BCUT2D eigenvalue weighted by molar-refractivity contribution is 0.0598. The molecular weight excluding hydrogens is 529 g/mol. The topological polar surface area (TPSA) is 90.4 Å². The zero-order valence-corrected chi connectivity index (χ0v) is 21.0. The number of aryl methyl sites for hydroxylation is 2. The second-order valence-electron chi connectivity index (χ2n) is 8.99. The highest BCUT2D eigenvalue weighted by atomic mass is 127. The first-order valence-corrected chi connectivity index (χ1v) is 12.5. The van der Waals surface area contributed by atoms with Gasteiger partial charge in [-0.3, -0.25) is 4.79 Å². The fraction of sp³-hybridized carbons (Fsp3) is 0.458. The van der Waals surface area contributed by atoms with Crippen LogP contribution in [0.4, 0.5) is 5.82 Å². The van der Waals surface area contributed by atoms with Crippen molar-refractivity contribution in [2.45, 2.75) is 45.6 Å². The summed E-state index contributed by atoms with van der Waals surface area (Å²) in [6, 6.07) is 8.17. The Kier molecular flexibility index (Phi) is 5.95. The fourth-order valence-corrected chi connectivity index (χ4v) is 5.32. The standard InChI is InChI=1S/C24H26IN7O/c1-15-6-7-20(25)27-22(15)24(33)31-9-4-3-5-19(31)18-11-21-28-23(16(2)13-32(21)29-18)30-10-8-17(12-26)14-30/h6-7,11,13,17,19H,3-5,8-10,14H2,1-2H3/t17?,19-/m0/s1. The Hall–Kier alpha value is -2.74. The molecule has 1 unspecified atom stereocenters. The maximum absolute atomic E-state index is 13.5. The second-order valence-corrected chi connectivity index (χ2v) is 10.1. The fourth-order valence-electron chi connectivity index (χ4n) is 4.90. The highest BCUT2D eigenvalue weighted by Gasteiger charge is 2.32. The van der Waals surface area contributed by atoms with Gasteiger partial charge in [0.05, 0.1) is 23.7 Å². The summed E-state index contributed by atoms with van der Waals surface area (Å²) < 4.78 is 2.63. The quantitative estimate of drug-likeness (QED) is 0.358. The van der Waals surface area contributed by atoms with Gasteiger partial charge in [0.15, 0.2) is 5.65 Å². The number of carbonyl (C=O) groups is 1. The van der Waals surface area contributed by atoms with Crippen molar-refractivity contribution in [2.24, 2.45) is 5.92 Å². The van der Waals surface area contributed by atoms with Gasteiger partial charge in [-0.15, -0.1) is 0 Å². The van der Waals surface area contributed by atoms with Gasteiger partial charge in [0.2, 0.25) is 0 Å². The molecular formula is C24H26IN7O. The number of piperidine rings is 1. The van der Waals surface area contributed by atoms with E-state index in [0.717, 1.165) is 64.2 Å². The van der Waals surface area contributed by atoms with Crippen molar-refractivity contribution in [1.29, 1.82) is 5.26 Å². The molecule has 5 heterocycles. The summed E-state index contributed by atoms with van der Waals surface area (Å²) in [5, 5.41) is 14.1. The minimum atomic E-state index is -0.0921. The minimum absolute atomic E-state index is 0.0304. The SMILES string of the molecule is Cc1ccc(I)nc1C(=O)N1CCCC[C@H]1c1cc2nc(N3CCC(C#N)C3)c(C)cn2n1. The highest BCUT2D eigenvalue weighted by Crippen LogP contribution is 2.33. The molecule has 1 amide bonds. The number of hydrogen-bond donors (Lipinski definition) is 0. The zero-order valence-electron chi connectivity index (χ0n) is 18.8. The van der Waals surface area contributed by atoms with E-state index in [1.807, 2.05) is 47.7 Å². The van der Waals surface area contributed by atoms with Gasteiger partial charge in [0.1, 0.15) is 15.2 Å². The van der Waals surface area contributed by atoms with Gasteiger partial charge < -0.3 is 9.80 Å². The largest absolute Gasteiger partial charge is 0.355 e. The Labute approximate surface area is 206 Å². The van der Waals surface area contributed by atoms with Crippen molar-refractivity contribution >= 4 is 40.0 Å². The zero-order chi connectivity index (χ0) is 23.1. The van der Waals surface area contributed by atoms with Gasteiger partial charge in [-0.2, -0.15) is 10.4 Å². The van der Waals surface area contributed by atoms with Crippen molar-refractivity contribution < 1.29 is 4.79 Å². The molecule has 8 nitrogen and oxygen atoms in total. The highest BCUT2D eigenvalue weighted by molar-refractivity contribution is 14.1. The van der Waals surface area contributed by atoms with E-state index in [2.05, 4.69) is 38.5 Å². The summed E-state index contributed by atoms with van der Waals surface area (Å²) in [5.74, 6) is 0.946. The summed E-state index contributed by atoms with van der Waals surface area (Å²) in [7, 11) is 0. The number of nitrogens with zero attached hydrogens (tertiary/aromatic N) is 7. The predicted octanol–water partition coefficient (Wildman–Crippen LogP) is 4.06. The van der Waals surface area contributed by atoms with Crippen LogP contribution in [0.3, 0.4) is 0 Å². The molecule has 33 heavy (non-hydrogen) atoms. The maximum Gasteiger partial charge on any atom is 0.273 e. The number of aromatic nitrogens is 4. The van der Waals surface area contributed by atoms with E-state index in [0.29, 0.717) is 18.8 Å². The van der Waals surface area contributed by atoms with E-state index in [1.165, 1.54) is 0 Å². The Balaban J connectivity index is 1.47. The molecule has 0 bridgehead atoms. The molecule has 5 rings (SSSR count). The summed E-state index contributed by atoms with van der Waals surface area (Å²) in [6.45, 7) is 6.23. The number of pyridine rings is 1. The van der Waals surface area contributed by atoms with E-state index in [-0.39, 0.29) is 17.9 Å². The van der Waals surface area contributed by atoms with Crippen LogP contribution in [-0.2, 0) is 0 Å². The van der Waals surface area contributed by atoms with Crippen molar-refractivity contribution in [3.05, 3.63) is 50.6 Å². The van der Waals surface area contributed by atoms with Crippen LogP contribution in [0.2, 0.25) is 0 Å². The smallest absolute Gasteiger partial charge is 0.273 e. The number of rotatable bonds is 3. The molecule has 2 saturated heterocycles. The molecule has 0 radical (unpaired) electrons. The van der Waals surface area contributed by atoms with E-state index in [4.69, 9.17) is 10.1 Å². The van der Waals surface area contributed by atoms with Crippen molar-refractivity contribution in [1.82, 2.24) is 24.5 Å². The average molecular weight is 555 g/mol. The first-order valence-electron chi connectivity index (χ1n) is 11.4. The van der Waals surface area contributed by atoms with Crippen molar-refractivity contribution in [3.63, 3.8) is 0 Å². The average Bonchev–Trinajstić information content (AvgIpc) is 3.46. The summed E-state index contributed by atoms with van der Waals surface area (Å²) >= 11 is 2.15. The lowest BCUT2D eigenvalue weighted by Crippen LogP contribution is -2.39. The second kappa shape index (κ2) is 8.89. The summed E-state index contributed by atoms with van der Waals surface area (Å²) in [5.41, 5.74) is 4.09. The van der Waals surface area contributed by atoms with Crippen LogP contribution in [0.25, 0.3) is 5.65 Å². The molecule has 0 spiro atoms. The lowest BCUT2D eigenvalue weighted by atomic mass is 9.98. The monoisotopic (exact) mass is 555 g/mol. The molecule has 0 saturated carbocycles. The molecule has 2 aliphatic rings. The molecule has 0 aliphatic carbocycles. The molecule has 0 N–H and O–H groups in total. The number of amides is 1. The van der Waals surface area contributed by atoms with Gasteiger partial charge in [0.25, 0.3) is 5.91 Å². The third kappa shape index (κ3) is 4.16. The van der Waals surface area contributed by atoms with E-state index < -0.39 is 0 Å². The molecule has 170 valence electrons. The van der Waals surface area contributed by atoms with Crippen LogP contribution >= 0.6 is 22.6 Å². The molecule has 0 aromatic carbocycles. The number of likely N-dealkylation sites (tertiary alicyclic amines) is 1. The molecule has 2 aliphatic heterocycles. The van der Waals surface area contributed by atoms with Gasteiger partial charge in [-0.25, -0.2) is 14.5 Å². The summed E-state index contributed by atoms with van der Waals surface area (Å²) in [4.78, 5) is 27.0. The Bertz CT molecular complexity index is 1260. The first-order chi connectivity index (χ1) is 15.9. The van der Waals surface area contributed by atoms with Gasteiger partial charge in [-0.1, -0.05) is 6.07 Å². The number of halogens is 1. The molecule has 3 aromatic rings. The Morgan fingerprint density at radius 3 is 2.79 bits per heavy atom. The number of nitriles is 1. The number of hydrogen-bond acceptors (Lipinski definition) is 6. The molecule has 9 heteroatoms. The minimum Gasteiger partial charge on any atom is -0.355 e. The first kappa shape index (κ1) is 22.1. The number of fused-ring (bicyclic) bond motifs is 1. The van der Waals surface area contributed by atoms with Crippen LogP contribution in [0.5, 0.6) is 0 Å². The van der Waals surface area contributed by atoms with Crippen molar-refractivity contribution in [3.8, 4) is 6.07 Å². The number of anilines is 1. The van der Waals surface area contributed by atoms with Gasteiger partial charge >= 0.3 is 0 Å². The lowest BCUT2D eigenvalue weighted by Gasteiger charge is -2.34. The van der Waals surface area contributed by atoms with Crippen molar-refractivity contribution in [2.75, 3.05) is 24.5 Å². The molecule has 3 aromatic heterocycles. The molecule has 2 fully saturated rings. The van der Waals surface area contributed by atoms with Crippen LogP contribution in [0.15, 0.2) is 24.4 Å². The molecule has 2 atom stereocenters. The Morgan fingerprint density at radius 2 is 2.00 bits per heavy atom.